The molecular weight excluding hydrogens is 388 g/mol. The van der Waals surface area contributed by atoms with Crippen LogP contribution >= 0.6 is 27.5 Å². The Balaban J connectivity index is 2.05. The topological polar surface area (TPSA) is 59.1 Å². The van der Waals surface area contributed by atoms with Crippen LogP contribution in [-0.2, 0) is 10.0 Å². The Bertz CT molecular complexity index is 955. The standard InChI is InChI=1S/C15H10BrClN2O2S/c16-13-8-11(9-18-15(13)17)22(20,21)19-14-7-3-5-10-4-1-2-6-12(10)14/h1-9,19H. The molecule has 0 aliphatic heterocycles. The lowest BCUT2D eigenvalue weighted by Crippen LogP contribution is -2.13. The number of nitrogens with zero attached hydrogens (tertiary/aromatic N) is 1. The summed E-state index contributed by atoms with van der Waals surface area (Å²) in [6.07, 6.45) is 1.22. The third kappa shape index (κ3) is 2.95. The molecule has 22 heavy (non-hydrogen) atoms. The average Bonchev–Trinajstić information content (AvgIpc) is 2.50. The van der Waals surface area contributed by atoms with Crippen LogP contribution < -0.4 is 4.72 Å². The number of rotatable bonds is 3. The molecule has 0 aliphatic rings. The highest BCUT2D eigenvalue weighted by atomic mass is 79.9. The molecule has 0 aliphatic carbocycles. The van der Waals surface area contributed by atoms with Gasteiger partial charge in [-0.15, -0.1) is 0 Å². The van der Waals surface area contributed by atoms with Crippen LogP contribution in [0.5, 0.6) is 0 Å². The summed E-state index contributed by atoms with van der Waals surface area (Å²) in [7, 11) is -3.75. The maximum absolute atomic E-state index is 12.5. The van der Waals surface area contributed by atoms with Crippen molar-refractivity contribution in [1.29, 1.82) is 0 Å². The zero-order valence-electron chi connectivity index (χ0n) is 11.1. The lowest BCUT2D eigenvalue weighted by atomic mass is 10.1. The molecule has 0 saturated carbocycles. The summed E-state index contributed by atoms with van der Waals surface area (Å²) in [5, 5.41) is 2.00. The second kappa shape index (κ2) is 5.87. The van der Waals surface area contributed by atoms with Crippen molar-refractivity contribution in [2.75, 3.05) is 4.72 Å². The van der Waals surface area contributed by atoms with Crippen LogP contribution in [-0.4, -0.2) is 13.4 Å². The fourth-order valence-corrected chi connectivity index (χ4v) is 3.72. The van der Waals surface area contributed by atoms with E-state index in [0.717, 1.165) is 10.8 Å². The number of fused-ring (bicyclic) bond motifs is 1. The predicted molar refractivity (Wildman–Crippen MR) is 91.7 cm³/mol. The van der Waals surface area contributed by atoms with Gasteiger partial charge in [-0.05, 0) is 33.4 Å². The van der Waals surface area contributed by atoms with Gasteiger partial charge in [-0.25, -0.2) is 13.4 Å². The largest absolute Gasteiger partial charge is 0.279 e. The molecule has 3 aromatic rings. The Morgan fingerprint density at radius 1 is 1.09 bits per heavy atom. The molecule has 2 aromatic carbocycles. The van der Waals surface area contributed by atoms with Crippen LogP contribution in [0.2, 0.25) is 5.15 Å². The Morgan fingerprint density at radius 2 is 1.82 bits per heavy atom. The van der Waals surface area contributed by atoms with E-state index in [-0.39, 0.29) is 10.0 Å². The number of hydrogen-bond acceptors (Lipinski definition) is 3. The highest BCUT2D eigenvalue weighted by molar-refractivity contribution is 9.10. The van der Waals surface area contributed by atoms with Gasteiger partial charge in [-0.2, -0.15) is 0 Å². The van der Waals surface area contributed by atoms with Crippen molar-refractivity contribution < 1.29 is 8.42 Å². The molecular formula is C15H10BrClN2O2S. The number of nitrogens with one attached hydrogen (secondary N) is 1. The molecule has 1 N–H and O–H groups in total. The van der Waals surface area contributed by atoms with E-state index in [2.05, 4.69) is 25.6 Å². The van der Waals surface area contributed by atoms with E-state index in [9.17, 15) is 8.42 Å². The second-order valence-corrected chi connectivity index (χ2v) is 7.47. The highest BCUT2D eigenvalue weighted by Gasteiger charge is 2.17. The Kier molecular flexibility index (Phi) is 4.08. The van der Waals surface area contributed by atoms with Crippen molar-refractivity contribution in [2.24, 2.45) is 0 Å². The van der Waals surface area contributed by atoms with Crippen LogP contribution in [0.3, 0.4) is 0 Å². The third-order valence-electron chi connectivity index (χ3n) is 3.12. The van der Waals surface area contributed by atoms with Crippen LogP contribution in [0.4, 0.5) is 5.69 Å². The van der Waals surface area contributed by atoms with Gasteiger partial charge >= 0.3 is 0 Å². The van der Waals surface area contributed by atoms with Crippen LogP contribution in [0, 0.1) is 0 Å². The summed E-state index contributed by atoms with van der Waals surface area (Å²) in [5.41, 5.74) is 0.518. The van der Waals surface area contributed by atoms with Gasteiger partial charge in [0, 0.05) is 11.6 Å². The summed E-state index contributed by atoms with van der Waals surface area (Å²) in [6, 6.07) is 14.4. The molecule has 3 rings (SSSR count). The van der Waals surface area contributed by atoms with Crippen molar-refractivity contribution in [1.82, 2.24) is 4.98 Å². The van der Waals surface area contributed by atoms with Crippen LogP contribution in [0.1, 0.15) is 0 Å². The molecule has 7 heteroatoms. The summed E-state index contributed by atoms with van der Waals surface area (Å²) in [4.78, 5) is 3.89. The minimum atomic E-state index is -3.75. The maximum Gasteiger partial charge on any atom is 0.263 e. The van der Waals surface area contributed by atoms with Gasteiger partial charge in [0.25, 0.3) is 10.0 Å². The second-order valence-electron chi connectivity index (χ2n) is 4.58. The van der Waals surface area contributed by atoms with Crippen LogP contribution in [0.25, 0.3) is 10.8 Å². The highest BCUT2D eigenvalue weighted by Crippen LogP contribution is 2.27. The fourth-order valence-electron chi connectivity index (χ4n) is 2.07. The van der Waals surface area contributed by atoms with Crippen molar-refractivity contribution in [3.05, 3.63) is 64.4 Å². The monoisotopic (exact) mass is 396 g/mol. The summed E-state index contributed by atoms with van der Waals surface area (Å²) < 4.78 is 28.0. The zero-order chi connectivity index (χ0) is 15.7. The molecule has 1 heterocycles. The summed E-state index contributed by atoms with van der Waals surface area (Å²) in [5.74, 6) is 0. The van der Waals surface area contributed by atoms with Gasteiger partial charge in [0.2, 0.25) is 0 Å². The number of halogens is 2. The van der Waals surface area contributed by atoms with E-state index in [1.165, 1.54) is 12.3 Å². The quantitative estimate of drug-likeness (QED) is 0.664. The normalized spacial score (nSPS) is 11.5. The molecule has 0 unspecified atom stereocenters. The van der Waals surface area contributed by atoms with E-state index in [1.807, 2.05) is 30.3 Å². The lowest BCUT2D eigenvalue weighted by molar-refractivity contribution is 0.601. The van der Waals surface area contributed by atoms with Gasteiger partial charge < -0.3 is 0 Å². The number of anilines is 1. The minimum Gasteiger partial charge on any atom is -0.279 e. The summed E-state index contributed by atoms with van der Waals surface area (Å²) >= 11 is 8.97. The van der Waals surface area contributed by atoms with E-state index >= 15 is 0 Å². The van der Waals surface area contributed by atoms with Crippen molar-refractivity contribution >= 4 is 54.0 Å². The molecule has 0 bridgehead atoms. The zero-order valence-corrected chi connectivity index (χ0v) is 14.3. The first-order valence-corrected chi connectivity index (χ1v) is 8.94. The number of pyridine rings is 1. The Hall–Kier alpha value is -1.63. The fraction of sp³-hybridized carbons (Fsp3) is 0. The number of hydrogen-bond donors (Lipinski definition) is 1. The Morgan fingerprint density at radius 3 is 2.59 bits per heavy atom. The van der Waals surface area contributed by atoms with Gasteiger partial charge in [-0.3, -0.25) is 4.72 Å². The molecule has 1 aromatic heterocycles. The van der Waals surface area contributed by atoms with Gasteiger partial charge in [-0.1, -0.05) is 48.0 Å². The number of aromatic nitrogens is 1. The molecule has 0 radical (unpaired) electrons. The molecule has 112 valence electrons. The molecule has 0 spiro atoms. The van der Waals surface area contributed by atoms with E-state index in [1.54, 1.807) is 12.1 Å². The molecule has 0 atom stereocenters. The van der Waals surface area contributed by atoms with Gasteiger partial charge in [0.15, 0.2) is 0 Å². The first-order chi connectivity index (χ1) is 10.5. The smallest absolute Gasteiger partial charge is 0.263 e. The third-order valence-corrected chi connectivity index (χ3v) is 5.58. The van der Waals surface area contributed by atoms with Crippen molar-refractivity contribution in [3.8, 4) is 0 Å². The SMILES string of the molecule is O=S(=O)(Nc1cccc2ccccc12)c1cnc(Cl)c(Br)c1. The van der Waals surface area contributed by atoms with E-state index < -0.39 is 10.0 Å². The molecule has 0 amide bonds. The minimum absolute atomic E-state index is 0.0386. The lowest BCUT2D eigenvalue weighted by Gasteiger charge is -2.11. The molecule has 4 nitrogen and oxygen atoms in total. The van der Waals surface area contributed by atoms with E-state index in [0.29, 0.717) is 10.2 Å². The van der Waals surface area contributed by atoms with Gasteiger partial charge in [0.1, 0.15) is 10.0 Å². The first kappa shape index (κ1) is 15.3. The Labute approximate surface area is 141 Å². The van der Waals surface area contributed by atoms with E-state index in [4.69, 9.17) is 11.6 Å². The van der Waals surface area contributed by atoms with Crippen molar-refractivity contribution in [2.45, 2.75) is 4.90 Å². The number of sulfonamides is 1. The maximum atomic E-state index is 12.5. The van der Waals surface area contributed by atoms with Gasteiger partial charge in [0.05, 0.1) is 10.2 Å². The van der Waals surface area contributed by atoms with Crippen molar-refractivity contribution in [3.63, 3.8) is 0 Å². The average molecular weight is 398 g/mol. The summed E-state index contributed by atoms with van der Waals surface area (Å²) in [6.45, 7) is 0. The van der Waals surface area contributed by atoms with Crippen LogP contribution in [0.15, 0.2) is 64.1 Å². The molecule has 0 saturated heterocycles. The number of benzene rings is 2. The molecule has 0 fully saturated rings. The predicted octanol–water partition coefficient (Wildman–Crippen LogP) is 4.45. The first-order valence-electron chi connectivity index (χ1n) is 6.29.